The van der Waals surface area contributed by atoms with Gasteiger partial charge >= 0.3 is 0 Å². The molecule has 10 aromatic carbocycles. The predicted octanol–water partition coefficient (Wildman–Crippen LogP) is 18.7. The summed E-state index contributed by atoms with van der Waals surface area (Å²) in [4.78, 5) is 7.48. The van der Waals surface area contributed by atoms with Crippen molar-refractivity contribution < 1.29 is 0 Å². The highest BCUT2D eigenvalue weighted by atomic mass is 32.2. The van der Waals surface area contributed by atoms with Gasteiger partial charge in [0.25, 0.3) is 0 Å². The van der Waals surface area contributed by atoms with E-state index in [0.29, 0.717) is 0 Å². The molecule has 0 N–H and O–H groups in total. The van der Waals surface area contributed by atoms with E-state index in [2.05, 4.69) is 264 Å². The Hall–Kier alpha value is -7.90. The van der Waals surface area contributed by atoms with E-state index in [9.17, 15) is 0 Å². The molecular weight excluding hydrogens is 925 g/mol. The Morgan fingerprint density at radius 2 is 0.671 bits per heavy atom. The lowest BCUT2D eigenvalue weighted by Gasteiger charge is -2.33. The highest BCUT2D eigenvalue weighted by Gasteiger charge is 2.52. The van der Waals surface area contributed by atoms with Crippen LogP contribution in [0.4, 0.5) is 34.1 Å². The van der Waals surface area contributed by atoms with E-state index in [4.69, 9.17) is 0 Å². The van der Waals surface area contributed by atoms with Gasteiger partial charge in [0.2, 0.25) is 0 Å². The molecular formula is C67H52N4S2. The second-order valence-electron chi connectivity index (χ2n) is 19.3. The fraction of sp³-hybridized carbons (Fsp3) is 0.104. The number of aryl methyl sites for hydroxylation is 2. The third kappa shape index (κ3) is 6.43. The van der Waals surface area contributed by atoms with Crippen molar-refractivity contribution in [3.05, 3.63) is 241 Å². The number of hydrogen-bond donors (Lipinski definition) is 0. The van der Waals surface area contributed by atoms with Gasteiger partial charge in [-0.15, -0.1) is 23.5 Å². The van der Waals surface area contributed by atoms with Crippen LogP contribution in [0.3, 0.4) is 0 Å². The zero-order valence-electron chi connectivity index (χ0n) is 41.3. The van der Waals surface area contributed by atoms with Crippen LogP contribution in [-0.4, -0.2) is 21.6 Å². The molecule has 2 heterocycles. The monoisotopic (exact) mass is 976 g/mol. The smallest absolute Gasteiger partial charge is 0.0727 e. The highest BCUT2D eigenvalue weighted by Crippen LogP contribution is 2.64. The SMILES string of the molecule is CCn1c2cc(SC)ccc2c2ccc(N(c3ccccc3)c3ccc4c(c3)C3(c5ccccc5-c5ccccc53)c3cc(N(c5ccccc5)c5ccc6c7ccc(SC)cc7n(CC)c6c5)ccc3-4)cc21. The van der Waals surface area contributed by atoms with Crippen LogP contribution in [-0.2, 0) is 18.5 Å². The number of rotatable bonds is 10. The molecule has 352 valence electrons. The van der Waals surface area contributed by atoms with Crippen molar-refractivity contribution in [3.8, 4) is 22.3 Å². The van der Waals surface area contributed by atoms with Crippen molar-refractivity contribution in [2.24, 2.45) is 0 Å². The molecule has 0 atom stereocenters. The fourth-order valence-electron chi connectivity index (χ4n) is 12.8. The molecule has 2 aliphatic carbocycles. The topological polar surface area (TPSA) is 16.3 Å². The normalized spacial score (nSPS) is 13.0. The van der Waals surface area contributed by atoms with E-state index < -0.39 is 5.41 Å². The van der Waals surface area contributed by atoms with Gasteiger partial charge in [0.15, 0.2) is 0 Å². The molecule has 0 amide bonds. The predicted molar refractivity (Wildman–Crippen MR) is 313 cm³/mol. The van der Waals surface area contributed by atoms with Gasteiger partial charge in [-0.2, -0.15) is 0 Å². The summed E-state index contributed by atoms with van der Waals surface area (Å²) in [5, 5.41) is 5.15. The molecule has 0 unspecified atom stereocenters. The Morgan fingerprint density at radius 3 is 1.08 bits per heavy atom. The van der Waals surface area contributed by atoms with Crippen LogP contribution in [0, 0.1) is 0 Å². The molecule has 0 fully saturated rings. The summed E-state index contributed by atoms with van der Waals surface area (Å²) < 4.78 is 4.97. The molecule has 0 aliphatic heterocycles. The molecule has 0 saturated heterocycles. The number of fused-ring (bicyclic) bond motifs is 16. The Balaban J connectivity index is 0.993. The van der Waals surface area contributed by atoms with Crippen LogP contribution < -0.4 is 9.80 Å². The summed E-state index contributed by atoms with van der Waals surface area (Å²) in [6.45, 7) is 6.28. The third-order valence-corrected chi connectivity index (χ3v) is 17.3. The van der Waals surface area contributed by atoms with E-state index in [1.165, 1.54) is 97.9 Å². The van der Waals surface area contributed by atoms with Crippen molar-refractivity contribution in [2.75, 3.05) is 22.3 Å². The van der Waals surface area contributed by atoms with Gasteiger partial charge in [-0.1, -0.05) is 121 Å². The summed E-state index contributed by atoms with van der Waals surface area (Å²) in [5.41, 5.74) is 21.5. The van der Waals surface area contributed by atoms with Crippen LogP contribution in [0.15, 0.2) is 228 Å². The lowest BCUT2D eigenvalue weighted by atomic mass is 9.70. The van der Waals surface area contributed by atoms with Crippen molar-refractivity contribution in [1.82, 2.24) is 9.13 Å². The van der Waals surface area contributed by atoms with Crippen molar-refractivity contribution in [2.45, 2.75) is 42.1 Å². The number of para-hydroxylation sites is 2. The average Bonchev–Trinajstić information content (AvgIpc) is 4.14. The van der Waals surface area contributed by atoms with E-state index in [0.717, 1.165) is 47.2 Å². The summed E-state index contributed by atoms with van der Waals surface area (Å²) in [6.07, 6.45) is 4.32. The van der Waals surface area contributed by atoms with E-state index >= 15 is 0 Å². The lowest BCUT2D eigenvalue weighted by molar-refractivity contribution is 0.793. The quantitative estimate of drug-likeness (QED) is 0.127. The molecule has 0 saturated carbocycles. The minimum absolute atomic E-state index is 0.588. The van der Waals surface area contributed by atoms with Gasteiger partial charge in [0, 0.05) is 78.5 Å². The molecule has 0 bridgehead atoms. The lowest BCUT2D eigenvalue weighted by Crippen LogP contribution is -2.26. The molecule has 73 heavy (non-hydrogen) atoms. The van der Waals surface area contributed by atoms with E-state index in [1.807, 2.05) is 0 Å². The second-order valence-corrected chi connectivity index (χ2v) is 21.1. The number of thioether (sulfide) groups is 2. The summed E-state index contributed by atoms with van der Waals surface area (Å²) in [6, 6.07) is 82.6. The largest absolute Gasteiger partial charge is 0.341 e. The Kier molecular flexibility index (Phi) is 10.3. The molecule has 4 nitrogen and oxygen atoms in total. The zero-order valence-corrected chi connectivity index (χ0v) is 42.9. The number of benzene rings is 10. The van der Waals surface area contributed by atoms with Crippen molar-refractivity contribution >= 4 is 101 Å². The Labute approximate surface area is 435 Å². The maximum absolute atomic E-state index is 2.51. The molecule has 12 aromatic rings. The molecule has 2 aliphatic rings. The van der Waals surface area contributed by atoms with Gasteiger partial charge < -0.3 is 18.9 Å². The van der Waals surface area contributed by atoms with Gasteiger partial charge in [0.1, 0.15) is 0 Å². The first-order valence-electron chi connectivity index (χ1n) is 25.4. The standard InChI is InChI=1S/C67H52N4S2/c1-5-68-63-39-47(27-33-55(63)57-35-29-49(72-3)41-65(57)68)70(43-17-9-7-10-18-43)45-25-31-53-54-32-26-46(38-62(54)67(61(53)37-45)59-23-15-13-21-51(59)52-22-14-16-24-60(52)67)71(44-19-11-8-12-20-44)48-28-34-56-58-36-30-50(73-4)42-66(58)69(6-2)64(56)40-48/h7-42H,5-6H2,1-4H3. The average molecular weight is 977 g/mol. The zero-order chi connectivity index (χ0) is 49.0. The Morgan fingerprint density at radius 1 is 0.329 bits per heavy atom. The van der Waals surface area contributed by atoms with Crippen LogP contribution in [0.2, 0.25) is 0 Å². The molecule has 6 heteroatoms. The third-order valence-electron chi connectivity index (χ3n) is 15.9. The van der Waals surface area contributed by atoms with Crippen LogP contribution in [0.1, 0.15) is 36.1 Å². The van der Waals surface area contributed by atoms with Gasteiger partial charge in [-0.05, 0) is 168 Å². The van der Waals surface area contributed by atoms with Crippen molar-refractivity contribution in [3.63, 3.8) is 0 Å². The number of hydrogen-bond acceptors (Lipinski definition) is 4. The van der Waals surface area contributed by atoms with Crippen LogP contribution >= 0.6 is 23.5 Å². The number of aromatic nitrogens is 2. The molecule has 0 radical (unpaired) electrons. The Bertz CT molecular complexity index is 3900. The molecule has 14 rings (SSSR count). The van der Waals surface area contributed by atoms with Gasteiger partial charge in [-0.3, -0.25) is 0 Å². The van der Waals surface area contributed by atoms with Gasteiger partial charge in [-0.25, -0.2) is 0 Å². The minimum Gasteiger partial charge on any atom is -0.341 e. The summed E-state index contributed by atoms with van der Waals surface area (Å²) >= 11 is 3.59. The fourth-order valence-corrected chi connectivity index (χ4v) is 13.6. The first kappa shape index (κ1) is 43.9. The number of anilines is 6. The minimum atomic E-state index is -0.588. The highest BCUT2D eigenvalue weighted by molar-refractivity contribution is 7.98. The summed E-state index contributed by atoms with van der Waals surface area (Å²) in [7, 11) is 0. The first-order valence-corrected chi connectivity index (χ1v) is 27.9. The maximum atomic E-state index is 2.51. The summed E-state index contributed by atoms with van der Waals surface area (Å²) in [5.74, 6) is 0. The van der Waals surface area contributed by atoms with Crippen LogP contribution in [0.5, 0.6) is 0 Å². The van der Waals surface area contributed by atoms with Crippen molar-refractivity contribution in [1.29, 1.82) is 0 Å². The van der Waals surface area contributed by atoms with E-state index in [1.54, 1.807) is 23.5 Å². The first-order chi connectivity index (χ1) is 36.0. The maximum Gasteiger partial charge on any atom is 0.0727 e. The van der Waals surface area contributed by atoms with Crippen LogP contribution in [0.25, 0.3) is 65.9 Å². The molecule has 2 aromatic heterocycles. The number of nitrogens with zero attached hydrogens (tertiary/aromatic N) is 4. The van der Waals surface area contributed by atoms with Gasteiger partial charge in [0.05, 0.1) is 27.5 Å². The van der Waals surface area contributed by atoms with E-state index in [-0.39, 0.29) is 0 Å². The molecule has 1 spiro atoms. The second kappa shape index (κ2) is 17.1.